The molecule has 11 heterocycles. The summed E-state index contributed by atoms with van der Waals surface area (Å²) in [5.41, 5.74) is 17.9. The number of carbonyl (C=O) groups excluding carboxylic acids is 2. The van der Waals surface area contributed by atoms with Gasteiger partial charge < -0.3 is 19.5 Å². The first-order valence-corrected chi connectivity index (χ1v) is 62.6. The average molecular weight is 1970 g/mol. The molecule has 0 aromatic heterocycles. The van der Waals surface area contributed by atoms with Crippen molar-refractivity contribution >= 4 is 222 Å². The first kappa shape index (κ1) is 116. The van der Waals surface area contributed by atoms with Crippen LogP contribution in [0.4, 0.5) is 0 Å². The Morgan fingerprint density at radius 2 is 0.840 bits per heavy atom. The molecule has 0 aliphatic carbocycles. The van der Waals surface area contributed by atoms with Crippen molar-refractivity contribution in [3.63, 3.8) is 0 Å². The summed E-state index contributed by atoms with van der Waals surface area (Å²) in [6.45, 7) is 66.4. The third kappa shape index (κ3) is 68.6. The van der Waals surface area contributed by atoms with E-state index < -0.39 is 9.84 Å². The molecule has 12 rings (SSSR count). The smallest absolute Gasteiger partial charge is 0.333 e. The summed E-state index contributed by atoms with van der Waals surface area (Å²) in [7, 11) is -2.79. The topological polar surface area (TPSA) is 108 Å². The highest BCUT2D eigenvalue weighted by Crippen LogP contribution is 2.42. The number of esters is 2. The van der Waals surface area contributed by atoms with E-state index >= 15 is 0 Å². The summed E-state index contributed by atoms with van der Waals surface area (Å²) < 4.78 is 38.2. The Balaban J connectivity index is 0.000000446. The van der Waals surface area contributed by atoms with Crippen LogP contribution in [0, 0.1) is 5.92 Å². The second-order valence-electron chi connectivity index (χ2n) is 31.2. The van der Waals surface area contributed by atoms with Gasteiger partial charge in [0.25, 0.3) is 0 Å². The van der Waals surface area contributed by atoms with E-state index in [-0.39, 0.29) is 17.7 Å². The number of hydrogen-bond acceptors (Lipinski definition) is 25. The van der Waals surface area contributed by atoms with Gasteiger partial charge in [0.1, 0.15) is 13.2 Å². The Kier molecular flexibility index (Phi) is 72.6. The summed E-state index contributed by atoms with van der Waals surface area (Å²) in [6.07, 6.45) is 14.4. The Hall–Kier alpha value is 0.860. The van der Waals surface area contributed by atoms with Gasteiger partial charge in [-0.25, -0.2) is 13.2 Å². The maximum Gasteiger partial charge on any atom is 0.333 e. The van der Waals surface area contributed by atoms with Crippen molar-refractivity contribution in [3.05, 3.63) is 181 Å². The van der Waals surface area contributed by atoms with Gasteiger partial charge in [-0.15, -0.1) is 47.0 Å². The molecule has 4 unspecified atom stereocenters. The quantitative estimate of drug-likeness (QED) is 0.159. The van der Waals surface area contributed by atoms with Crippen LogP contribution >= 0.6 is 200 Å². The fourth-order valence-corrected chi connectivity index (χ4v) is 31.7. The van der Waals surface area contributed by atoms with E-state index in [0.29, 0.717) is 39.1 Å². The lowest BCUT2D eigenvalue weighted by Gasteiger charge is -2.28. The fourth-order valence-electron chi connectivity index (χ4n) is 10.8. The van der Waals surface area contributed by atoms with Gasteiger partial charge in [-0.05, 0) is 143 Å². The van der Waals surface area contributed by atoms with Crippen molar-refractivity contribution in [2.45, 2.75) is 162 Å². The molecular weight excluding hydrogens is 1820 g/mol. The van der Waals surface area contributed by atoms with Gasteiger partial charge in [-0.2, -0.15) is 153 Å². The van der Waals surface area contributed by atoms with E-state index in [1.807, 2.05) is 176 Å². The first-order chi connectivity index (χ1) is 57.0. The normalized spacial score (nSPS) is 23.7. The van der Waals surface area contributed by atoms with Crippen LogP contribution in [0.1, 0.15) is 137 Å². The predicted molar refractivity (Wildman–Crippen MR) is 580 cm³/mol. The predicted octanol–water partition coefficient (Wildman–Crippen LogP) is 26.6. The summed E-state index contributed by atoms with van der Waals surface area (Å²) in [5.74, 6) is 33.6. The Bertz CT molecular complexity index is 3090. The van der Waals surface area contributed by atoms with Crippen molar-refractivity contribution in [2.24, 2.45) is 5.92 Å². The van der Waals surface area contributed by atoms with Crippen LogP contribution < -0.4 is 5.32 Å². The third-order valence-corrected chi connectivity index (χ3v) is 42.9. The van der Waals surface area contributed by atoms with Crippen molar-refractivity contribution in [1.29, 1.82) is 0 Å². The zero-order valence-corrected chi connectivity index (χ0v) is 88.5. The summed E-state index contributed by atoms with van der Waals surface area (Å²) in [4.78, 5) is 21.8. The number of hydrogen-bond donors (Lipinski definition) is 1. The number of fused-ring (bicyclic) bond motifs is 1. The van der Waals surface area contributed by atoms with Gasteiger partial charge in [0.15, 0.2) is 9.84 Å². The van der Waals surface area contributed by atoms with Crippen LogP contribution in [0.5, 0.6) is 0 Å². The molecule has 0 radical (unpaired) electrons. The minimum atomic E-state index is -2.79. The minimum Gasteiger partial charge on any atom is -0.465 e. The molecule has 4 atom stereocenters. The van der Waals surface area contributed by atoms with E-state index in [1.165, 1.54) is 206 Å². The molecule has 0 bridgehead atoms. The van der Waals surface area contributed by atoms with Crippen molar-refractivity contribution in [3.8, 4) is 0 Å². The molecule has 11 aliphatic heterocycles. The van der Waals surface area contributed by atoms with E-state index in [0.717, 1.165) is 155 Å². The van der Waals surface area contributed by atoms with Gasteiger partial charge in [0.2, 0.25) is 0 Å². The molecule has 10 saturated heterocycles. The second-order valence-corrected chi connectivity index (χ2v) is 53.5. The highest BCUT2D eigenvalue weighted by Gasteiger charge is 2.24. The molecule has 0 amide bonds. The van der Waals surface area contributed by atoms with Gasteiger partial charge in [0, 0.05) is 179 Å². The number of rotatable bonds is 7. The maximum absolute atomic E-state index is 11.2. The largest absolute Gasteiger partial charge is 0.465 e. The highest BCUT2D eigenvalue weighted by molar-refractivity contribution is 8.19. The molecule has 11 aliphatic rings. The molecule has 26 heteroatoms. The number of ether oxygens (including phenoxy) is 3. The number of thioether (sulfide) groups is 17. The van der Waals surface area contributed by atoms with Crippen LogP contribution in [0.25, 0.3) is 0 Å². The zero-order chi connectivity index (χ0) is 87.7. The number of nitrogens with one attached hydrogen (secondary N) is 1. The van der Waals surface area contributed by atoms with Gasteiger partial charge in [-0.1, -0.05) is 193 Å². The SMILES string of the molecule is C=C1CCCCCS(=O)(=O)C1.C=C1CCCCCSC1.C=C1CNCCCSC1.C=C1COCCCSC1.C=C1CSC(C)(C)SC1.C=C1CSCC(C)CSC1.C=C1CSCC(CC)SC1.C=C1CSCC(CC)SC1.C=C1CSCC(COC(=O)C(=C)C)SC1.C=C1CSCC(COC(C)=O)SC1.C=C1CSCc2ccccc2CSC1. The van der Waals surface area contributed by atoms with Crippen LogP contribution in [0.2, 0.25) is 0 Å². The van der Waals surface area contributed by atoms with E-state index in [1.54, 1.807) is 6.92 Å². The fraction of sp³-hybridized carbons (Fsp3) is 0.656. The molecule has 1 aromatic rings. The van der Waals surface area contributed by atoms with E-state index in [9.17, 15) is 18.0 Å². The second kappa shape index (κ2) is 74.5. The first-order valence-electron chi connectivity index (χ1n) is 41.9. The van der Waals surface area contributed by atoms with E-state index in [2.05, 4.69) is 167 Å². The number of benzene rings is 1. The van der Waals surface area contributed by atoms with Crippen LogP contribution in [0.3, 0.4) is 0 Å². The minimum absolute atomic E-state index is 0.186. The van der Waals surface area contributed by atoms with Crippen LogP contribution in [0.15, 0.2) is 170 Å². The molecule has 1 N–H and O–H groups in total. The Labute approximate surface area is 800 Å². The molecular formula is C93H151NO7S18. The highest BCUT2D eigenvalue weighted by atomic mass is 32.2. The van der Waals surface area contributed by atoms with Gasteiger partial charge in [0.05, 0.1) is 22.2 Å². The molecule has 119 heavy (non-hydrogen) atoms. The lowest BCUT2D eigenvalue weighted by molar-refractivity contribution is -0.141. The van der Waals surface area contributed by atoms with Crippen molar-refractivity contribution in [1.82, 2.24) is 5.32 Å². The summed E-state index contributed by atoms with van der Waals surface area (Å²) >= 11 is 33.6. The average Bonchev–Trinajstić information content (AvgIpc) is 1.55. The van der Waals surface area contributed by atoms with Gasteiger partial charge in [-0.3, -0.25) is 4.79 Å². The molecule has 1 aromatic carbocycles. The maximum atomic E-state index is 11.2. The molecule has 8 nitrogen and oxygen atoms in total. The summed E-state index contributed by atoms with van der Waals surface area (Å²) in [5, 5.41) is 5.91. The standard InChI is InChI=1S/C12H14S2.C11H16O2S2.C9H14O2S2.C8H14O2S.3C8H14S2.C8H14S.C7H13NS.C7H12OS.C7H12S2/c1-10-6-13-8-11-4-2-3-5-12(11)9-14-7-10;1-8(2)11(12)13-4-10-7-14-5-9(3)6-15-10;1-7-4-12-6-9(13-5-7)3-11-8(2)10;1-8-5-3-2-4-6-11(9,10)7-8;1-7-3-9-5-8(2)6-10-4-7;2*1-3-8-6-9-4-7(2)5-10-8;1-8-5-3-2-4-6-9-7-8;2*1-7-5-8-3-2-4-9-6-7;1-6-4-8-7(2,3)9-5-6/h2-5H,1,6-9H2;10H,1,3-7H2,2H3;9H,1,3-6H2,2H3;1-7H2;8H,1,3-6H2,2H3;2*8H,2-6H2,1H3;1-7H2;8H,1-6H2;1-6H2;1,4-5H2,2-3H3. The lowest BCUT2D eigenvalue weighted by atomic mass is 10.1. The Morgan fingerprint density at radius 1 is 0.445 bits per heavy atom. The molecule has 10 fully saturated rings. The number of sulfone groups is 1. The molecule has 678 valence electrons. The number of carbonyl (C=O) groups is 2. The van der Waals surface area contributed by atoms with Crippen molar-refractivity contribution in [2.75, 3.05) is 201 Å². The molecule has 0 spiro atoms. The zero-order valence-electron chi connectivity index (χ0n) is 73.8. The lowest BCUT2D eigenvalue weighted by Crippen LogP contribution is -2.21. The summed E-state index contributed by atoms with van der Waals surface area (Å²) in [6, 6.07) is 8.77. The van der Waals surface area contributed by atoms with Crippen LogP contribution in [-0.2, 0) is 45.1 Å². The monoisotopic (exact) mass is 1970 g/mol. The van der Waals surface area contributed by atoms with E-state index in [4.69, 9.17) is 14.2 Å². The molecule has 0 saturated carbocycles. The van der Waals surface area contributed by atoms with Crippen LogP contribution in [-0.4, -0.2) is 246 Å². The van der Waals surface area contributed by atoms with Crippen molar-refractivity contribution < 1.29 is 32.2 Å². The Morgan fingerprint density at radius 3 is 1.32 bits per heavy atom. The van der Waals surface area contributed by atoms with Gasteiger partial charge >= 0.3 is 11.9 Å². The third-order valence-electron chi connectivity index (χ3n) is 17.6.